The number of nitrogens with zero attached hydrogens (tertiary/aromatic N) is 2. The molecule has 0 aromatic carbocycles. The summed E-state index contributed by atoms with van der Waals surface area (Å²) < 4.78 is 28.6. The second kappa shape index (κ2) is 5.86. The van der Waals surface area contributed by atoms with E-state index in [9.17, 15) is 8.42 Å². The second-order valence-corrected chi connectivity index (χ2v) is 7.54. The zero-order chi connectivity index (χ0) is 13.2. The van der Waals surface area contributed by atoms with Gasteiger partial charge in [-0.25, -0.2) is 0 Å². The van der Waals surface area contributed by atoms with Crippen molar-refractivity contribution in [3.05, 3.63) is 0 Å². The van der Waals surface area contributed by atoms with Crippen molar-refractivity contribution < 1.29 is 8.42 Å². The van der Waals surface area contributed by atoms with Gasteiger partial charge < -0.3 is 5.32 Å². The molecule has 106 valence electrons. The van der Waals surface area contributed by atoms with Crippen LogP contribution in [0.15, 0.2) is 0 Å². The van der Waals surface area contributed by atoms with Crippen LogP contribution in [0.25, 0.3) is 0 Å². The van der Waals surface area contributed by atoms with Gasteiger partial charge in [0, 0.05) is 38.3 Å². The molecule has 0 spiro atoms. The highest BCUT2D eigenvalue weighted by Gasteiger charge is 2.34. The number of rotatable bonds is 2. The van der Waals surface area contributed by atoms with Crippen LogP contribution in [0.2, 0.25) is 0 Å². The van der Waals surface area contributed by atoms with E-state index in [0.29, 0.717) is 26.2 Å². The van der Waals surface area contributed by atoms with E-state index in [0.717, 1.165) is 25.7 Å². The molecular weight excluding hydrogens is 250 g/mol. The van der Waals surface area contributed by atoms with Crippen molar-refractivity contribution in [2.45, 2.75) is 51.6 Å². The predicted molar refractivity (Wildman–Crippen MR) is 72.6 cm³/mol. The van der Waals surface area contributed by atoms with E-state index >= 15 is 0 Å². The Balaban J connectivity index is 2.08. The molecule has 2 rings (SSSR count). The minimum Gasteiger partial charge on any atom is -0.309 e. The lowest BCUT2D eigenvalue weighted by molar-refractivity contribution is 0.244. The molecule has 0 bridgehead atoms. The predicted octanol–water partition coefficient (Wildman–Crippen LogP) is 0.789. The highest BCUT2D eigenvalue weighted by molar-refractivity contribution is 7.86. The first-order valence-electron chi connectivity index (χ1n) is 7.01. The minimum atomic E-state index is -3.25. The van der Waals surface area contributed by atoms with Crippen molar-refractivity contribution in [2.75, 3.05) is 26.2 Å². The van der Waals surface area contributed by atoms with Gasteiger partial charge in [0.25, 0.3) is 10.2 Å². The lowest BCUT2D eigenvalue weighted by atomic mass is 10.2. The summed E-state index contributed by atoms with van der Waals surface area (Å²) in [5.74, 6) is 0. The van der Waals surface area contributed by atoms with E-state index in [1.807, 2.05) is 13.8 Å². The highest BCUT2D eigenvalue weighted by Crippen LogP contribution is 2.18. The van der Waals surface area contributed by atoms with Gasteiger partial charge in [0.15, 0.2) is 0 Å². The van der Waals surface area contributed by atoms with Gasteiger partial charge in [-0.1, -0.05) is 12.8 Å². The fraction of sp³-hybridized carbons (Fsp3) is 1.00. The number of hydrogen-bond donors (Lipinski definition) is 1. The van der Waals surface area contributed by atoms with Crippen molar-refractivity contribution in [3.8, 4) is 0 Å². The monoisotopic (exact) mass is 275 g/mol. The van der Waals surface area contributed by atoms with Gasteiger partial charge in [0.05, 0.1) is 0 Å². The third-order valence-electron chi connectivity index (χ3n) is 3.74. The summed E-state index contributed by atoms with van der Waals surface area (Å²) in [4.78, 5) is 0. The molecule has 2 atom stereocenters. The summed E-state index contributed by atoms with van der Waals surface area (Å²) >= 11 is 0. The molecule has 0 radical (unpaired) electrons. The molecule has 0 amide bonds. The molecule has 2 saturated heterocycles. The number of piperazine rings is 1. The molecule has 2 fully saturated rings. The van der Waals surface area contributed by atoms with Crippen molar-refractivity contribution in [2.24, 2.45) is 0 Å². The molecule has 0 aromatic rings. The topological polar surface area (TPSA) is 52.7 Å². The van der Waals surface area contributed by atoms with Gasteiger partial charge in [-0.05, 0) is 26.7 Å². The molecular formula is C12H25N3O2S. The first kappa shape index (κ1) is 14.2. The quantitative estimate of drug-likeness (QED) is 0.810. The average Bonchev–Trinajstić information content (AvgIpc) is 2.56. The van der Waals surface area contributed by atoms with E-state index < -0.39 is 10.2 Å². The first-order chi connectivity index (χ1) is 8.50. The summed E-state index contributed by atoms with van der Waals surface area (Å²) in [6.07, 6.45) is 4.30. The Bertz CT molecular complexity index is 354. The summed E-state index contributed by atoms with van der Waals surface area (Å²) in [6.45, 7) is 6.64. The molecule has 2 aliphatic rings. The lowest BCUT2D eigenvalue weighted by Gasteiger charge is -2.37. The fourth-order valence-electron chi connectivity index (χ4n) is 2.90. The zero-order valence-electron chi connectivity index (χ0n) is 11.4. The van der Waals surface area contributed by atoms with Crippen LogP contribution >= 0.6 is 0 Å². The minimum absolute atomic E-state index is 0.232. The Kier molecular flexibility index (Phi) is 4.64. The molecule has 1 N–H and O–H groups in total. The van der Waals surface area contributed by atoms with Crippen LogP contribution in [0.3, 0.4) is 0 Å². The van der Waals surface area contributed by atoms with Gasteiger partial charge in [0.2, 0.25) is 0 Å². The summed E-state index contributed by atoms with van der Waals surface area (Å²) in [7, 11) is -3.25. The third kappa shape index (κ3) is 3.23. The maximum absolute atomic E-state index is 12.6. The van der Waals surface area contributed by atoms with Crippen molar-refractivity contribution in [1.29, 1.82) is 0 Å². The standard InChI is InChI=1S/C12H25N3O2S/c1-11-9-15(10-12(2)13-11)18(16,17)14-7-5-3-4-6-8-14/h11-13H,3-10H2,1-2H3/t11-,12+. The van der Waals surface area contributed by atoms with Gasteiger partial charge in [-0.15, -0.1) is 0 Å². The maximum atomic E-state index is 12.6. The van der Waals surface area contributed by atoms with Crippen LogP contribution in [0.1, 0.15) is 39.5 Å². The second-order valence-electron chi connectivity index (χ2n) is 5.61. The Labute approximate surface area is 111 Å². The van der Waals surface area contributed by atoms with Crippen molar-refractivity contribution >= 4 is 10.2 Å². The van der Waals surface area contributed by atoms with Crippen LogP contribution in [-0.2, 0) is 10.2 Å². The van der Waals surface area contributed by atoms with Gasteiger partial charge in [-0.2, -0.15) is 17.0 Å². The van der Waals surface area contributed by atoms with Crippen LogP contribution in [0.5, 0.6) is 0 Å². The first-order valence-corrected chi connectivity index (χ1v) is 8.41. The summed E-state index contributed by atoms with van der Waals surface area (Å²) in [6, 6.07) is 0.464. The Morgan fingerprint density at radius 2 is 1.39 bits per heavy atom. The largest absolute Gasteiger partial charge is 0.309 e. The highest BCUT2D eigenvalue weighted by atomic mass is 32.2. The van der Waals surface area contributed by atoms with E-state index in [-0.39, 0.29) is 12.1 Å². The third-order valence-corrected chi connectivity index (χ3v) is 5.71. The Morgan fingerprint density at radius 1 is 0.889 bits per heavy atom. The fourth-order valence-corrected chi connectivity index (χ4v) is 4.77. The lowest BCUT2D eigenvalue weighted by Crippen LogP contribution is -2.58. The van der Waals surface area contributed by atoms with Crippen LogP contribution < -0.4 is 5.32 Å². The van der Waals surface area contributed by atoms with E-state index in [1.54, 1.807) is 8.61 Å². The molecule has 5 nitrogen and oxygen atoms in total. The van der Waals surface area contributed by atoms with Gasteiger partial charge >= 0.3 is 0 Å². The summed E-state index contributed by atoms with van der Waals surface area (Å²) in [5, 5.41) is 3.37. The summed E-state index contributed by atoms with van der Waals surface area (Å²) in [5.41, 5.74) is 0. The molecule has 0 saturated carbocycles. The van der Waals surface area contributed by atoms with Crippen molar-refractivity contribution in [1.82, 2.24) is 13.9 Å². The smallest absolute Gasteiger partial charge is 0.282 e. The van der Waals surface area contributed by atoms with Crippen LogP contribution in [-0.4, -0.2) is 55.3 Å². The molecule has 6 heteroatoms. The van der Waals surface area contributed by atoms with Crippen LogP contribution in [0.4, 0.5) is 0 Å². The average molecular weight is 275 g/mol. The molecule has 0 aromatic heterocycles. The SMILES string of the molecule is C[C@@H]1CN(S(=O)(=O)N2CCCCCC2)C[C@H](C)N1. The number of nitrogens with one attached hydrogen (secondary N) is 1. The van der Waals surface area contributed by atoms with E-state index in [1.165, 1.54) is 0 Å². The maximum Gasteiger partial charge on any atom is 0.282 e. The van der Waals surface area contributed by atoms with Gasteiger partial charge in [0.1, 0.15) is 0 Å². The Morgan fingerprint density at radius 3 is 1.89 bits per heavy atom. The van der Waals surface area contributed by atoms with Crippen molar-refractivity contribution in [3.63, 3.8) is 0 Å². The van der Waals surface area contributed by atoms with E-state index in [2.05, 4.69) is 5.32 Å². The zero-order valence-corrected chi connectivity index (χ0v) is 12.2. The van der Waals surface area contributed by atoms with E-state index in [4.69, 9.17) is 0 Å². The molecule has 2 aliphatic heterocycles. The molecule has 0 unspecified atom stereocenters. The normalized spacial score (nSPS) is 33.2. The number of hydrogen-bond acceptors (Lipinski definition) is 3. The Hall–Kier alpha value is -0.170. The van der Waals surface area contributed by atoms with Gasteiger partial charge in [-0.3, -0.25) is 0 Å². The van der Waals surface area contributed by atoms with Crippen LogP contribution in [0, 0.1) is 0 Å². The molecule has 2 heterocycles. The molecule has 0 aliphatic carbocycles. The molecule has 18 heavy (non-hydrogen) atoms.